The van der Waals surface area contributed by atoms with Crippen LogP contribution >= 0.6 is 0 Å². The van der Waals surface area contributed by atoms with E-state index in [-0.39, 0.29) is 0 Å². The predicted octanol–water partition coefficient (Wildman–Crippen LogP) is 1.55. The normalized spacial score (nSPS) is 19.1. The van der Waals surface area contributed by atoms with Gasteiger partial charge in [0.2, 0.25) is 0 Å². The van der Waals surface area contributed by atoms with Crippen molar-refractivity contribution in [3.05, 3.63) is 24.2 Å². The summed E-state index contributed by atoms with van der Waals surface area (Å²) in [5.74, 6) is 0.915. The molecular weight excluding hydrogens is 166 g/mol. The van der Waals surface area contributed by atoms with E-state index in [1.807, 2.05) is 12.1 Å². The molecule has 0 aliphatic carbocycles. The van der Waals surface area contributed by atoms with Crippen molar-refractivity contribution in [2.24, 2.45) is 0 Å². The first kappa shape index (κ1) is 8.78. The van der Waals surface area contributed by atoms with E-state index >= 15 is 0 Å². The van der Waals surface area contributed by atoms with Crippen LogP contribution in [0.5, 0.6) is 0 Å². The fraction of sp³-hybridized carbons (Fsp3) is 0.600. The summed E-state index contributed by atoms with van der Waals surface area (Å²) in [5, 5.41) is 3.30. The van der Waals surface area contributed by atoms with E-state index in [1.54, 1.807) is 6.26 Å². The number of nitrogens with one attached hydrogen (secondary N) is 1. The largest absolute Gasteiger partial charge is 0.467 e. The molecule has 1 fully saturated rings. The highest BCUT2D eigenvalue weighted by Gasteiger charge is 2.13. The Kier molecular flexibility index (Phi) is 3.00. The summed E-state index contributed by atoms with van der Waals surface area (Å²) in [6.07, 6.45) is 4.31. The van der Waals surface area contributed by atoms with Gasteiger partial charge in [-0.25, -0.2) is 0 Å². The molecule has 1 N–H and O–H groups in total. The quantitative estimate of drug-likeness (QED) is 0.768. The highest BCUT2D eigenvalue weighted by molar-refractivity contribution is 4.96. The predicted molar refractivity (Wildman–Crippen MR) is 49.4 cm³/mol. The minimum absolute atomic E-state index is 0.409. The molecule has 1 aliphatic rings. The lowest BCUT2D eigenvalue weighted by Crippen LogP contribution is -2.32. The van der Waals surface area contributed by atoms with Crippen LogP contribution in [0.4, 0.5) is 0 Å². The number of hydrogen-bond acceptors (Lipinski definition) is 3. The summed E-state index contributed by atoms with van der Waals surface area (Å²) in [6, 6.07) is 3.84. The second kappa shape index (κ2) is 4.44. The first-order chi connectivity index (χ1) is 6.45. The van der Waals surface area contributed by atoms with Crippen LogP contribution in [0.3, 0.4) is 0 Å². The van der Waals surface area contributed by atoms with Crippen molar-refractivity contribution >= 4 is 0 Å². The zero-order chi connectivity index (χ0) is 8.93. The monoisotopic (exact) mass is 181 g/mol. The van der Waals surface area contributed by atoms with Gasteiger partial charge in [-0.1, -0.05) is 0 Å². The van der Waals surface area contributed by atoms with E-state index in [0.717, 1.165) is 31.7 Å². The van der Waals surface area contributed by atoms with Gasteiger partial charge in [-0.3, -0.25) is 0 Å². The molecule has 0 unspecified atom stereocenters. The van der Waals surface area contributed by atoms with Crippen molar-refractivity contribution in [2.75, 3.05) is 13.1 Å². The summed E-state index contributed by atoms with van der Waals surface area (Å²) >= 11 is 0. The molecule has 1 aliphatic heterocycles. The van der Waals surface area contributed by atoms with Gasteiger partial charge in [-0.15, -0.1) is 0 Å². The number of piperidine rings is 1. The van der Waals surface area contributed by atoms with Gasteiger partial charge in [0.15, 0.2) is 0 Å². The Bertz CT molecular complexity index is 227. The smallest absolute Gasteiger partial charge is 0.129 e. The lowest BCUT2D eigenvalue weighted by atomic mass is 10.1. The Labute approximate surface area is 78.1 Å². The molecule has 0 aromatic carbocycles. The van der Waals surface area contributed by atoms with E-state index in [2.05, 4.69) is 5.32 Å². The summed E-state index contributed by atoms with van der Waals surface area (Å²) < 4.78 is 10.9. The Morgan fingerprint density at radius 1 is 1.46 bits per heavy atom. The van der Waals surface area contributed by atoms with Crippen LogP contribution in [0, 0.1) is 0 Å². The Balaban J connectivity index is 1.72. The summed E-state index contributed by atoms with van der Waals surface area (Å²) in [4.78, 5) is 0. The number of rotatable bonds is 3. The number of furan rings is 1. The standard InChI is InChI=1S/C10H15NO2/c1-2-10(12-7-1)8-13-9-3-5-11-6-4-9/h1-2,7,9,11H,3-6,8H2. The molecule has 0 radical (unpaired) electrons. The average Bonchev–Trinajstić information content (AvgIpc) is 2.69. The second-order valence-corrected chi connectivity index (χ2v) is 3.34. The van der Waals surface area contributed by atoms with Gasteiger partial charge >= 0.3 is 0 Å². The third-order valence-corrected chi connectivity index (χ3v) is 2.33. The summed E-state index contributed by atoms with van der Waals surface area (Å²) in [5.41, 5.74) is 0. The number of ether oxygens (including phenoxy) is 1. The zero-order valence-corrected chi connectivity index (χ0v) is 7.66. The van der Waals surface area contributed by atoms with Gasteiger partial charge in [-0.2, -0.15) is 0 Å². The van der Waals surface area contributed by atoms with Crippen molar-refractivity contribution in [2.45, 2.75) is 25.6 Å². The average molecular weight is 181 g/mol. The van der Waals surface area contributed by atoms with Crippen LogP contribution in [-0.2, 0) is 11.3 Å². The molecule has 0 saturated carbocycles. The second-order valence-electron chi connectivity index (χ2n) is 3.34. The lowest BCUT2D eigenvalue weighted by Gasteiger charge is -2.22. The maximum Gasteiger partial charge on any atom is 0.129 e. The molecule has 72 valence electrons. The highest BCUT2D eigenvalue weighted by atomic mass is 16.5. The van der Waals surface area contributed by atoms with E-state index in [9.17, 15) is 0 Å². The zero-order valence-electron chi connectivity index (χ0n) is 7.66. The van der Waals surface area contributed by atoms with Crippen molar-refractivity contribution < 1.29 is 9.15 Å². The van der Waals surface area contributed by atoms with Gasteiger partial charge in [0.25, 0.3) is 0 Å². The molecule has 0 bridgehead atoms. The summed E-state index contributed by atoms with van der Waals surface area (Å²) in [6.45, 7) is 2.75. The molecule has 0 spiro atoms. The highest BCUT2D eigenvalue weighted by Crippen LogP contribution is 2.10. The Morgan fingerprint density at radius 2 is 2.31 bits per heavy atom. The fourth-order valence-corrected chi connectivity index (χ4v) is 1.56. The fourth-order valence-electron chi connectivity index (χ4n) is 1.56. The molecule has 0 atom stereocenters. The van der Waals surface area contributed by atoms with Gasteiger partial charge < -0.3 is 14.5 Å². The minimum atomic E-state index is 0.409. The maximum absolute atomic E-state index is 5.69. The van der Waals surface area contributed by atoms with Crippen molar-refractivity contribution in [1.29, 1.82) is 0 Å². The van der Waals surface area contributed by atoms with Crippen molar-refractivity contribution in [1.82, 2.24) is 5.32 Å². The molecule has 3 heteroatoms. The van der Waals surface area contributed by atoms with Crippen LogP contribution in [0.25, 0.3) is 0 Å². The SMILES string of the molecule is c1coc(COC2CCNCC2)c1. The van der Waals surface area contributed by atoms with Gasteiger partial charge in [0.05, 0.1) is 12.4 Å². The third-order valence-electron chi connectivity index (χ3n) is 2.33. The third kappa shape index (κ3) is 2.57. The number of hydrogen-bond donors (Lipinski definition) is 1. The van der Waals surface area contributed by atoms with Crippen LogP contribution in [0.1, 0.15) is 18.6 Å². The van der Waals surface area contributed by atoms with Gasteiger partial charge in [0, 0.05) is 0 Å². The van der Waals surface area contributed by atoms with Gasteiger partial charge in [-0.05, 0) is 38.1 Å². The van der Waals surface area contributed by atoms with Gasteiger partial charge in [0.1, 0.15) is 12.4 Å². The van der Waals surface area contributed by atoms with E-state index < -0.39 is 0 Å². The van der Waals surface area contributed by atoms with Crippen LogP contribution in [-0.4, -0.2) is 19.2 Å². The lowest BCUT2D eigenvalue weighted by molar-refractivity contribution is 0.0129. The Hall–Kier alpha value is -0.800. The minimum Gasteiger partial charge on any atom is -0.467 e. The molecule has 1 aromatic rings. The van der Waals surface area contributed by atoms with E-state index in [0.29, 0.717) is 12.7 Å². The molecule has 3 nitrogen and oxygen atoms in total. The molecule has 1 aromatic heterocycles. The van der Waals surface area contributed by atoms with Crippen molar-refractivity contribution in [3.8, 4) is 0 Å². The molecular formula is C10H15NO2. The maximum atomic E-state index is 5.69. The molecule has 0 amide bonds. The van der Waals surface area contributed by atoms with Crippen LogP contribution in [0.2, 0.25) is 0 Å². The topological polar surface area (TPSA) is 34.4 Å². The summed E-state index contributed by atoms with van der Waals surface area (Å²) in [7, 11) is 0. The van der Waals surface area contributed by atoms with E-state index in [4.69, 9.17) is 9.15 Å². The first-order valence-electron chi connectivity index (χ1n) is 4.80. The first-order valence-corrected chi connectivity index (χ1v) is 4.80. The van der Waals surface area contributed by atoms with Crippen LogP contribution in [0.15, 0.2) is 22.8 Å². The molecule has 2 heterocycles. The molecule has 13 heavy (non-hydrogen) atoms. The molecule has 2 rings (SSSR count). The molecule has 1 saturated heterocycles. The van der Waals surface area contributed by atoms with Crippen LogP contribution < -0.4 is 5.32 Å². The van der Waals surface area contributed by atoms with E-state index in [1.165, 1.54) is 0 Å². The van der Waals surface area contributed by atoms with Crippen molar-refractivity contribution in [3.63, 3.8) is 0 Å². The Morgan fingerprint density at radius 3 is 3.00 bits per heavy atom.